The third-order valence-electron chi connectivity index (χ3n) is 4.56. The van der Waals surface area contributed by atoms with Crippen LogP contribution >= 0.6 is 0 Å². The Kier molecular flexibility index (Phi) is 4.20. The van der Waals surface area contributed by atoms with E-state index in [4.69, 9.17) is 14.7 Å². The molecule has 1 fully saturated rings. The van der Waals surface area contributed by atoms with E-state index < -0.39 is 0 Å². The summed E-state index contributed by atoms with van der Waals surface area (Å²) in [4.78, 5) is 9.70. The second kappa shape index (κ2) is 6.08. The van der Waals surface area contributed by atoms with Gasteiger partial charge >= 0.3 is 0 Å². The molecule has 0 unspecified atom stereocenters. The highest BCUT2D eigenvalue weighted by atomic mass is 16.5. The Morgan fingerprint density at radius 1 is 1.20 bits per heavy atom. The number of hydrogen-bond donors (Lipinski definition) is 1. The van der Waals surface area contributed by atoms with Crippen molar-refractivity contribution in [1.82, 2.24) is 9.97 Å². The number of aromatic nitrogens is 2. The number of rotatable bonds is 3. The summed E-state index contributed by atoms with van der Waals surface area (Å²) in [5.74, 6) is 3.49. The number of anilines is 1. The van der Waals surface area contributed by atoms with Crippen molar-refractivity contribution < 1.29 is 4.74 Å². The minimum absolute atomic E-state index is 0.553. The molecule has 0 amide bonds. The van der Waals surface area contributed by atoms with Gasteiger partial charge in [-0.1, -0.05) is 19.8 Å². The van der Waals surface area contributed by atoms with Gasteiger partial charge in [0.15, 0.2) is 0 Å². The fourth-order valence-corrected chi connectivity index (χ4v) is 3.27. The van der Waals surface area contributed by atoms with Crippen LogP contribution in [0.15, 0.2) is 0 Å². The molecule has 2 heterocycles. The minimum atomic E-state index is 0.553. The van der Waals surface area contributed by atoms with Crippen LogP contribution in [0.25, 0.3) is 0 Å². The molecule has 20 heavy (non-hydrogen) atoms. The van der Waals surface area contributed by atoms with Crippen molar-refractivity contribution in [1.29, 1.82) is 0 Å². The number of fused-ring (bicyclic) bond motifs is 1. The number of hydrogen-bond acceptors (Lipinski definition) is 4. The average molecular weight is 275 g/mol. The maximum Gasteiger partial charge on any atom is 0.135 e. The highest BCUT2D eigenvalue weighted by Gasteiger charge is 2.25. The average Bonchev–Trinajstić information content (AvgIpc) is 2.48. The molecule has 0 spiro atoms. The summed E-state index contributed by atoms with van der Waals surface area (Å²) < 4.78 is 5.56. The van der Waals surface area contributed by atoms with Crippen molar-refractivity contribution in [3.05, 3.63) is 17.1 Å². The van der Waals surface area contributed by atoms with Crippen LogP contribution in [-0.2, 0) is 17.8 Å². The first-order valence-electron chi connectivity index (χ1n) is 7.99. The summed E-state index contributed by atoms with van der Waals surface area (Å²) in [5.41, 5.74) is 2.38. The van der Waals surface area contributed by atoms with Gasteiger partial charge in [-0.15, -0.1) is 0 Å². The Bertz CT molecular complexity index is 467. The lowest BCUT2D eigenvalue weighted by Crippen LogP contribution is -2.20. The number of ether oxygens (including phenoxy) is 1. The maximum absolute atomic E-state index is 5.56. The van der Waals surface area contributed by atoms with Gasteiger partial charge in [0.2, 0.25) is 0 Å². The fourth-order valence-electron chi connectivity index (χ4n) is 3.27. The largest absolute Gasteiger partial charge is 0.376 e. The minimum Gasteiger partial charge on any atom is -0.376 e. The molecule has 3 rings (SSSR count). The first kappa shape index (κ1) is 13.8. The Morgan fingerprint density at radius 2 is 2.00 bits per heavy atom. The van der Waals surface area contributed by atoms with Gasteiger partial charge in [-0.3, -0.25) is 0 Å². The van der Waals surface area contributed by atoms with Gasteiger partial charge in [-0.25, -0.2) is 9.97 Å². The van der Waals surface area contributed by atoms with Gasteiger partial charge in [0.25, 0.3) is 0 Å². The van der Waals surface area contributed by atoms with E-state index in [2.05, 4.69) is 19.2 Å². The predicted octanol–water partition coefficient (Wildman–Crippen LogP) is 3.27. The van der Waals surface area contributed by atoms with Crippen LogP contribution < -0.4 is 5.32 Å². The lowest BCUT2D eigenvalue weighted by atomic mass is 9.82. The highest BCUT2D eigenvalue weighted by Crippen LogP contribution is 2.35. The maximum atomic E-state index is 5.56. The quantitative estimate of drug-likeness (QED) is 0.919. The standard InChI is InChI=1S/C16H25N3O/c1-3-17-16-13-10-20-9-8-14(13)18-15(19-16)12-6-4-11(2)5-7-12/h11-12H,3-10H2,1-2H3,(H,17,18,19). The topological polar surface area (TPSA) is 47.0 Å². The molecule has 1 aliphatic carbocycles. The molecule has 0 saturated heterocycles. The molecule has 1 saturated carbocycles. The van der Waals surface area contributed by atoms with Crippen LogP contribution in [0.1, 0.15) is 62.5 Å². The van der Waals surface area contributed by atoms with Crippen LogP contribution in [0.2, 0.25) is 0 Å². The number of nitrogens with one attached hydrogen (secondary N) is 1. The van der Waals surface area contributed by atoms with Crippen molar-refractivity contribution in [2.75, 3.05) is 18.5 Å². The molecular formula is C16H25N3O. The first-order chi connectivity index (χ1) is 9.78. The molecule has 1 N–H and O–H groups in total. The molecule has 4 nitrogen and oxygen atoms in total. The zero-order valence-corrected chi connectivity index (χ0v) is 12.6. The van der Waals surface area contributed by atoms with Crippen LogP contribution in [-0.4, -0.2) is 23.1 Å². The van der Waals surface area contributed by atoms with Gasteiger partial charge in [0, 0.05) is 24.4 Å². The summed E-state index contributed by atoms with van der Waals surface area (Å²) in [6.07, 6.45) is 6.02. The van der Waals surface area contributed by atoms with E-state index in [1.54, 1.807) is 0 Å². The Balaban J connectivity index is 1.89. The van der Waals surface area contributed by atoms with Crippen molar-refractivity contribution in [2.24, 2.45) is 5.92 Å². The molecule has 0 radical (unpaired) electrons. The second-order valence-electron chi connectivity index (χ2n) is 6.15. The normalized spacial score (nSPS) is 26.1. The van der Waals surface area contributed by atoms with Crippen LogP contribution in [0.3, 0.4) is 0 Å². The van der Waals surface area contributed by atoms with Crippen molar-refractivity contribution >= 4 is 5.82 Å². The van der Waals surface area contributed by atoms with E-state index in [0.717, 1.165) is 37.1 Å². The zero-order valence-electron chi connectivity index (χ0n) is 12.6. The van der Waals surface area contributed by atoms with Gasteiger partial charge in [0.05, 0.1) is 18.9 Å². The van der Waals surface area contributed by atoms with E-state index in [9.17, 15) is 0 Å². The summed E-state index contributed by atoms with van der Waals surface area (Å²) in [6.45, 7) is 6.80. The second-order valence-corrected chi connectivity index (χ2v) is 6.15. The zero-order chi connectivity index (χ0) is 13.9. The first-order valence-corrected chi connectivity index (χ1v) is 7.99. The van der Waals surface area contributed by atoms with Crippen LogP contribution in [0.4, 0.5) is 5.82 Å². The third-order valence-corrected chi connectivity index (χ3v) is 4.56. The van der Waals surface area contributed by atoms with Gasteiger partial charge in [-0.05, 0) is 25.7 Å². The number of nitrogens with zero attached hydrogens (tertiary/aromatic N) is 2. The van der Waals surface area contributed by atoms with Crippen LogP contribution in [0.5, 0.6) is 0 Å². The van der Waals surface area contributed by atoms with Crippen LogP contribution in [0, 0.1) is 5.92 Å². The van der Waals surface area contributed by atoms with E-state index in [1.807, 2.05) is 0 Å². The van der Waals surface area contributed by atoms with E-state index >= 15 is 0 Å². The van der Waals surface area contributed by atoms with E-state index in [1.165, 1.54) is 36.9 Å². The lowest BCUT2D eigenvalue weighted by molar-refractivity contribution is 0.109. The Labute approximate surface area is 121 Å². The van der Waals surface area contributed by atoms with E-state index in [-0.39, 0.29) is 0 Å². The lowest BCUT2D eigenvalue weighted by Gasteiger charge is -2.27. The summed E-state index contributed by atoms with van der Waals surface area (Å²) in [5, 5.41) is 3.39. The van der Waals surface area contributed by atoms with Gasteiger partial charge in [-0.2, -0.15) is 0 Å². The summed E-state index contributed by atoms with van der Waals surface area (Å²) >= 11 is 0. The molecule has 1 aromatic heterocycles. The Morgan fingerprint density at radius 3 is 2.75 bits per heavy atom. The summed E-state index contributed by atoms with van der Waals surface area (Å²) in [6, 6.07) is 0. The summed E-state index contributed by atoms with van der Waals surface area (Å²) in [7, 11) is 0. The van der Waals surface area contributed by atoms with Gasteiger partial charge < -0.3 is 10.1 Å². The highest BCUT2D eigenvalue weighted by molar-refractivity contribution is 5.47. The smallest absolute Gasteiger partial charge is 0.135 e. The molecule has 0 bridgehead atoms. The molecule has 1 aliphatic heterocycles. The van der Waals surface area contributed by atoms with Crippen molar-refractivity contribution in [3.63, 3.8) is 0 Å². The molecule has 2 aliphatic rings. The molecule has 4 heteroatoms. The molecule has 0 aromatic carbocycles. The molecular weight excluding hydrogens is 250 g/mol. The molecule has 1 aromatic rings. The molecule has 0 atom stereocenters. The van der Waals surface area contributed by atoms with Crippen molar-refractivity contribution in [3.8, 4) is 0 Å². The predicted molar refractivity (Wildman–Crippen MR) is 79.9 cm³/mol. The van der Waals surface area contributed by atoms with Crippen molar-refractivity contribution in [2.45, 2.75) is 58.5 Å². The molecule has 110 valence electrons. The van der Waals surface area contributed by atoms with E-state index in [0.29, 0.717) is 12.5 Å². The third kappa shape index (κ3) is 2.80. The van der Waals surface area contributed by atoms with Gasteiger partial charge in [0.1, 0.15) is 11.6 Å². The monoisotopic (exact) mass is 275 g/mol. The fraction of sp³-hybridized carbons (Fsp3) is 0.750. The SMILES string of the molecule is CCNc1nc(C2CCC(C)CC2)nc2c1COCC2. The Hall–Kier alpha value is -1.16.